The second-order valence-corrected chi connectivity index (χ2v) is 9.57. The predicted octanol–water partition coefficient (Wildman–Crippen LogP) is 5.09. The van der Waals surface area contributed by atoms with Gasteiger partial charge in [0.05, 0.1) is 12.6 Å². The summed E-state index contributed by atoms with van der Waals surface area (Å²) < 4.78 is 11.2. The zero-order valence-electron chi connectivity index (χ0n) is 19.5. The molecule has 0 fully saturated rings. The molecule has 1 N–H and O–H groups in total. The Bertz CT molecular complexity index is 1140. The lowest BCUT2D eigenvalue weighted by Gasteiger charge is -2.37. The largest absolute Gasteiger partial charge is 0.491 e. The van der Waals surface area contributed by atoms with E-state index in [1.54, 1.807) is 42.7 Å². The Morgan fingerprint density at radius 3 is 2.77 bits per heavy atom. The fraction of sp³-hybridized carbons (Fsp3) is 0.308. The minimum atomic E-state index is -0.386. The number of hydrogen-bond donors (Lipinski definition) is 1. The summed E-state index contributed by atoms with van der Waals surface area (Å²) in [6.45, 7) is 1.43. The Kier molecular flexibility index (Phi) is 8.63. The lowest BCUT2D eigenvalue weighted by atomic mass is 10.0. The number of benzene rings is 2. The Morgan fingerprint density at radius 2 is 2.00 bits per heavy atom. The molecule has 1 atom stereocenters. The highest BCUT2D eigenvalue weighted by Gasteiger charge is 2.33. The number of thiophene rings is 1. The van der Waals surface area contributed by atoms with Gasteiger partial charge < -0.3 is 24.6 Å². The van der Waals surface area contributed by atoms with E-state index in [0.29, 0.717) is 30.5 Å². The van der Waals surface area contributed by atoms with Crippen molar-refractivity contribution < 1.29 is 19.1 Å². The van der Waals surface area contributed by atoms with Crippen molar-refractivity contribution in [1.82, 2.24) is 9.80 Å². The number of fused-ring (bicyclic) bond motifs is 1. The summed E-state index contributed by atoms with van der Waals surface area (Å²) in [6, 6.07) is 17.9. The second-order valence-electron chi connectivity index (χ2n) is 8.13. The minimum absolute atomic E-state index is 0.0724. The number of nitrogens with one attached hydrogen (secondary N) is 1. The van der Waals surface area contributed by atoms with Crippen LogP contribution < -0.4 is 10.1 Å². The molecular weight excluding hydrogens is 486 g/mol. The van der Waals surface area contributed by atoms with Crippen LogP contribution in [0.2, 0.25) is 5.02 Å². The normalized spacial score (nSPS) is 14.8. The first kappa shape index (κ1) is 25.0. The highest BCUT2D eigenvalue weighted by atomic mass is 35.5. The van der Waals surface area contributed by atoms with E-state index in [4.69, 9.17) is 21.1 Å². The average Bonchev–Trinajstić information content (AvgIpc) is 3.34. The molecule has 4 rings (SSSR count). The highest BCUT2D eigenvalue weighted by molar-refractivity contribution is 7.10. The van der Waals surface area contributed by atoms with Crippen LogP contribution in [-0.4, -0.2) is 61.7 Å². The highest BCUT2D eigenvalue weighted by Crippen LogP contribution is 2.34. The lowest BCUT2D eigenvalue weighted by molar-refractivity contribution is -0.135. The van der Waals surface area contributed by atoms with E-state index in [1.807, 2.05) is 35.2 Å². The van der Waals surface area contributed by atoms with Gasteiger partial charge in [-0.2, -0.15) is 0 Å². The van der Waals surface area contributed by atoms with Gasteiger partial charge in [-0.05, 0) is 53.8 Å². The van der Waals surface area contributed by atoms with Crippen molar-refractivity contribution in [3.05, 3.63) is 81.5 Å². The zero-order valence-corrected chi connectivity index (χ0v) is 21.1. The lowest BCUT2D eigenvalue weighted by Crippen LogP contribution is -2.49. The molecular formula is C26H28ClN3O4S. The van der Waals surface area contributed by atoms with Crippen molar-refractivity contribution in [1.29, 1.82) is 0 Å². The van der Waals surface area contributed by atoms with Gasteiger partial charge in [-0.15, -0.1) is 11.3 Å². The molecule has 0 bridgehead atoms. The van der Waals surface area contributed by atoms with Gasteiger partial charge in [-0.3, -0.25) is 4.79 Å². The Hall–Kier alpha value is -3.07. The third-order valence-corrected chi connectivity index (χ3v) is 7.05. The molecule has 2 aromatic carbocycles. The molecule has 184 valence electrons. The number of halogens is 1. The first-order valence-electron chi connectivity index (χ1n) is 11.4. The molecule has 0 spiro atoms. The molecule has 35 heavy (non-hydrogen) atoms. The van der Waals surface area contributed by atoms with E-state index in [-0.39, 0.29) is 31.1 Å². The molecule has 1 aliphatic rings. The van der Waals surface area contributed by atoms with Crippen LogP contribution in [0.4, 0.5) is 10.5 Å². The van der Waals surface area contributed by atoms with Crippen LogP contribution in [0.3, 0.4) is 0 Å². The summed E-state index contributed by atoms with van der Waals surface area (Å²) in [5.41, 5.74) is 1.67. The minimum Gasteiger partial charge on any atom is -0.491 e. The van der Waals surface area contributed by atoms with Gasteiger partial charge in [0.1, 0.15) is 18.9 Å². The van der Waals surface area contributed by atoms with Crippen LogP contribution >= 0.6 is 22.9 Å². The van der Waals surface area contributed by atoms with Gasteiger partial charge in [0.15, 0.2) is 0 Å². The van der Waals surface area contributed by atoms with Crippen LogP contribution in [0.25, 0.3) is 0 Å². The molecule has 1 aliphatic heterocycles. The third kappa shape index (κ3) is 6.54. The number of ether oxygens (including phenoxy) is 2. The number of para-hydroxylation sites is 1. The van der Waals surface area contributed by atoms with E-state index >= 15 is 0 Å². The molecule has 0 unspecified atom stereocenters. The predicted molar refractivity (Wildman–Crippen MR) is 138 cm³/mol. The quantitative estimate of drug-likeness (QED) is 0.433. The van der Waals surface area contributed by atoms with Crippen molar-refractivity contribution in [2.45, 2.75) is 12.5 Å². The van der Waals surface area contributed by atoms with Crippen molar-refractivity contribution in [2.24, 2.45) is 0 Å². The van der Waals surface area contributed by atoms with Gasteiger partial charge in [-0.25, -0.2) is 4.79 Å². The van der Waals surface area contributed by atoms with Crippen LogP contribution in [0.1, 0.15) is 16.5 Å². The van der Waals surface area contributed by atoms with Gasteiger partial charge in [0, 0.05) is 35.8 Å². The number of anilines is 1. The van der Waals surface area contributed by atoms with Crippen LogP contribution in [0, 0.1) is 0 Å². The third-order valence-electron chi connectivity index (χ3n) is 5.82. The van der Waals surface area contributed by atoms with E-state index in [2.05, 4.69) is 16.8 Å². The zero-order chi connectivity index (χ0) is 24.6. The Balaban J connectivity index is 1.48. The summed E-state index contributed by atoms with van der Waals surface area (Å²) in [7, 11) is 1.56. The molecule has 7 nitrogen and oxygen atoms in total. The molecule has 9 heteroatoms. The van der Waals surface area contributed by atoms with Gasteiger partial charge in [-0.1, -0.05) is 35.9 Å². The summed E-state index contributed by atoms with van der Waals surface area (Å²) in [5.74, 6) is 0.616. The van der Waals surface area contributed by atoms with Crippen molar-refractivity contribution >= 4 is 40.6 Å². The van der Waals surface area contributed by atoms with Crippen LogP contribution in [0.15, 0.2) is 66.0 Å². The number of methoxy groups -OCH3 is 1. The van der Waals surface area contributed by atoms with Gasteiger partial charge in [0.2, 0.25) is 5.91 Å². The van der Waals surface area contributed by atoms with Gasteiger partial charge in [0.25, 0.3) is 0 Å². The number of nitrogens with zero attached hydrogens (tertiary/aromatic N) is 2. The van der Waals surface area contributed by atoms with E-state index < -0.39 is 0 Å². The number of carbonyl (C=O) groups excluding carboxylic acids is 2. The summed E-state index contributed by atoms with van der Waals surface area (Å²) in [4.78, 5) is 31.1. The number of urea groups is 1. The van der Waals surface area contributed by atoms with E-state index in [1.165, 1.54) is 9.78 Å². The first-order valence-corrected chi connectivity index (χ1v) is 12.6. The molecule has 2 heterocycles. The SMILES string of the molecule is COCCN(CC(=O)N1CCc2sccc2[C@@H]1COc1ccccc1)C(=O)Nc1cccc(Cl)c1. The van der Waals surface area contributed by atoms with Crippen molar-refractivity contribution in [3.8, 4) is 5.75 Å². The van der Waals surface area contributed by atoms with E-state index in [9.17, 15) is 9.59 Å². The number of amides is 3. The fourth-order valence-electron chi connectivity index (χ4n) is 4.04. The maximum Gasteiger partial charge on any atom is 0.322 e. The van der Waals surface area contributed by atoms with Crippen LogP contribution in [-0.2, 0) is 16.0 Å². The van der Waals surface area contributed by atoms with Crippen molar-refractivity contribution in [3.63, 3.8) is 0 Å². The monoisotopic (exact) mass is 513 g/mol. The van der Waals surface area contributed by atoms with Gasteiger partial charge >= 0.3 is 6.03 Å². The molecule has 0 saturated carbocycles. The smallest absolute Gasteiger partial charge is 0.322 e. The Morgan fingerprint density at radius 1 is 1.17 bits per heavy atom. The first-order chi connectivity index (χ1) is 17.0. The standard InChI is InChI=1S/C26H28ClN3O4S/c1-33-14-13-29(26(32)28-20-7-5-6-19(27)16-20)17-25(31)30-12-10-24-22(11-15-35-24)23(30)18-34-21-8-3-2-4-9-21/h2-9,11,15-16,23H,10,12-14,17-18H2,1H3,(H,28,32)/t23-/m0/s1. The maximum atomic E-state index is 13.5. The summed E-state index contributed by atoms with van der Waals surface area (Å²) >= 11 is 7.74. The van der Waals surface area contributed by atoms with Crippen molar-refractivity contribution in [2.75, 3.05) is 45.3 Å². The Labute approximate surface area is 214 Å². The summed E-state index contributed by atoms with van der Waals surface area (Å²) in [5, 5.41) is 5.39. The number of hydrogen-bond acceptors (Lipinski definition) is 5. The van der Waals surface area contributed by atoms with Crippen LogP contribution in [0.5, 0.6) is 5.75 Å². The fourth-order valence-corrected chi connectivity index (χ4v) is 5.16. The molecule has 3 amide bonds. The summed E-state index contributed by atoms with van der Waals surface area (Å²) in [6.07, 6.45) is 0.785. The topological polar surface area (TPSA) is 71.1 Å². The van der Waals surface area contributed by atoms with E-state index in [0.717, 1.165) is 17.7 Å². The average molecular weight is 514 g/mol. The second kappa shape index (κ2) is 12.1. The molecule has 0 radical (unpaired) electrons. The molecule has 0 aliphatic carbocycles. The molecule has 1 aromatic heterocycles. The molecule has 0 saturated heterocycles. The number of carbonyl (C=O) groups is 2. The number of rotatable bonds is 9. The maximum absolute atomic E-state index is 13.5. The molecule has 3 aromatic rings.